The number of hydrogen-bond donors (Lipinski definition) is 0. The van der Waals surface area contributed by atoms with E-state index in [-0.39, 0.29) is 17.7 Å². The van der Waals surface area contributed by atoms with Crippen LogP contribution in [0, 0.1) is 0 Å². The fourth-order valence-electron chi connectivity index (χ4n) is 3.17. The Kier molecular flexibility index (Phi) is 3.42. The van der Waals surface area contributed by atoms with E-state index >= 15 is 0 Å². The SMILES string of the molecule is O=C(c1ccco1)N1C[C@H](c2ccccc2)[C@@H](c2ncon2)C1. The van der Waals surface area contributed by atoms with Crippen LogP contribution in [0.4, 0.5) is 0 Å². The van der Waals surface area contributed by atoms with Gasteiger partial charge in [-0.2, -0.15) is 4.98 Å². The van der Waals surface area contributed by atoms with Crippen LogP contribution in [-0.4, -0.2) is 34.0 Å². The molecule has 6 heteroatoms. The van der Waals surface area contributed by atoms with Gasteiger partial charge in [0.15, 0.2) is 11.6 Å². The highest BCUT2D eigenvalue weighted by Crippen LogP contribution is 2.38. The first-order valence-electron chi connectivity index (χ1n) is 7.47. The number of hydrogen-bond acceptors (Lipinski definition) is 5. The van der Waals surface area contributed by atoms with Crippen LogP contribution < -0.4 is 0 Å². The minimum Gasteiger partial charge on any atom is -0.459 e. The molecule has 6 nitrogen and oxygen atoms in total. The average molecular weight is 309 g/mol. The van der Waals surface area contributed by atoms with Crippen molar-refractivity contribution in [2.45, 2.75) is 11.8 Å². The molecule has 0 unspecified atom stereocenters. The van der Waals surface area contributed by atoms with Gasteiger partial charge in [0.2, 0.25) is 6.39 Å². The predicted molar refractivity (Wildman–Crippen MR) is 80.8 cm³/mol. The molecule has 0 saturated carbocycles. The molecule has 1 fully saturated rings. The third kappa shape index (κ3) is 2.52. The Balaban J connectivity index is 1.65. The second-order valence-electron chi connectivity index (χ2n) is 5.60. The first-order valence-corrected chi connectivity index (χ1v) is 7.47. The number of furan rings is 1. The van der Waals surface area contributed by atoms with Crippen molar-refractivity contribution in [3.05, 3.63) is 72.3 Å². The number of likely N-dealkylation sites (tertiary alicyclic amines) is 1. The van der Waals surface area contributed by atoms with Crippen LogP contribution >= 0.6 is 0 Å². The lowest BCUT2D eigenvalue weighted by atomic mass is 9.88. The van der Waals surface area contributed by atoms with Gasteiger partial charge in [-0.3, -0.25) is 4.79 Å². The zero-order valence-electron chi connectivity index (χ0n) is 12.3. The van der Waals surface area contributed by atoms with Crippen molar-refractivity contribution >= 4 is 5.91 Å². The third-order valence-electron chi connectivity index (χ3n) is 4.28. The summed E-state index contributed by atoms with van der Waals surface area (Å²) < 4.78 is 10.1. The van der Waals surface area contributed by atoms with E-state index in [0.29, 0.717) is 24.7 Å². The number of nitrogens with zero attached hydrogens (tertiary/aromatic N) is 3. The van der Waals surface area contributed by atoms with Crippen LogP contribution in [0.3, 0.4) is 0 Å². The van der Waals surface area contributed by atoms with Crippen molar-refractivity contribution < 1.29 is 13.7 Å². The second-order valence-corrected chi connectivity index (χ2v) is 5.60. The molecule has 3 aromatic rings. The van der Waals surface area contributed by atoms with Crippen LogP contribution in [0.2, 0.25) is 0 Å². The van der Waals surface area contributed by atoms with E-state index in [1.807, 2.05) is 18.2 Å². The Morgan fingerprint density at radius 3 is 2.61 bits per heavy atom. The molecule has 2 aromatic heterocycles. The van der Waals surface area contributed by atoms with Gasteiger partial charge in [0, 0.05) is 24.9 Å². The van der Waals surface area contributed by atoms with Crippen molar-refractivity contribution in [3.8, 4) is 0 Å². The molecule has 0 aliphatic carbocycles. The quantitative estimate of drug-likeness (QED) is 0.744. The molecule has 1 aromatic carbocycles. The molecule has 0 bridgehead atoms. The summed E-state index contributed by atoms with van der Waals surface area (Å²) in [6, 6.07) is 13.5. The van der Waals surface area contributed by atoms with Crippen LogP contribution in [0.5, 0.6) is 0 Å². The first-order chi connectivity index (χ1) is 11.3. The van der Waals surface area contributed by atoms with Crippen molar-refractivity contribution in [1.29, 1.82) is 0 Å². The highest BCUT2D eigenvalue weighted by atomic mass is 16.5. The average Bonchev–Trinajstić information content (AvgIpc) is 3.35. The zero-order chi connectivity index (χ0) is 15.6. The van der Waals surface area contributed by atoms with Gasteiger partial charge < -0.3 is 13.8 Å². The van der Waals surface area contributed by atoms with Gasteiger partial charge in [-0.05, 0) is 17.7 Å². The van der Waals surface area contributed by atoms with E-state index in [4.69, 9.17) is 8.94 Å². The molecule has 1 saturated heterocycles. The standard InChI is InChI=1S/C17H15N3O3/c21-17(15-7-4-8-22-15)20-9-13(12-5-2-1-3-6-12)14(10-20)16-18-11-23-19-16/h1-8,11,13-14H,9-10H2/t13-,14+/m1/s1. The number of benzene rings is 1. The summed E-state index contributed by atoms with van der Waals surface area (Å²) in [7, 11) is 0. The third-order valence-corrected chi connectivity index (χ3v) is 4.28. The maximum absolute atomic E-state index is 12.6. The van der Waals surface area contributed by atoms with Gasteiger partial charge in [-0.1, -0.05) is 35.5 Å². The Bertz CT molecular complexity index is 769. The number of carbonyl (C=O) groups is 1. The molecule has 116 valence electrons. The molecule has 1 amide bonds. The van der Waals surface area contributed by atoms with Gasteiger partial charge >= 0.3 is 0 Å². The van der Waals surface area contributed by atoms with Crippen molar-refractivity contribution in [2.75, 3.05) is 13.1 Å². The summed E-state index contributed by atoms with van der Waals surface area (Å²) in [6.07, 6.45) is 2.84. The van der Waals surface area contributed by atoms with Crippen LogP contribution in [0.25, 0.3) is 0 Å². The maximum atomic E-state index is 12.6. The van der Waals surface area contributed by atoms with Crippen molar-refractivity contribution in [1.82, 2.24) is 15.0 Å². The number of rotatable bonds is 3. The smallest absolute Gasteiger partial charge is 0.289 e. The maximum Gasteiger partial charge on any atom is 0.289 e. The number of carbonyl (C=O) groups excluding carboxylic acids is 1. The normalized spacial score (nSPS) is 20.8. The topological polar surface area (TPSA) is 72.4 Å². The van der Waals surface area contributed by atoms with Gasteiger partial charge in [0.25, 0.3) is 5.91 Å². The molecule has 0 radical (unpaired) electrons. The molecule has 23 heavy (non-hydrogen) atoms. The largest absolute Gasteiger partial charge is 0.459 e. The molecule has 1 aliphatic rings. The zero-order valence-corrected chi connectivity index (χ0v) is 12.3. The fourth-order valence-corrected chi connectivity index (χ4v) is 3.17. The van der Waals surface area contributed by atoms with E-state index in [9.17, 15) is 4.79 Å². The van der Waals surface area contributed by atoms with Crippen LogP contribution in [0.1, 0.15) is 33.8 Å². The number of aromatic nitrogens is 2. The molecule has 4 rings (SSSR count). The lowest BCUT2D eigenvalue weighted by Crippen LogP contribution is -2.28. The second kappa shape index (κ2) is 5.72. The van der Waals surface area contributed by atoms with E-state index < -0.39 is 0 Å². The summed E-state index contributed by atoms with van der Waals surface area (Å²) in [4.78, 5) is 18.5. The van der Waals surface area contributed by atoms with Gasteiger partial charge in [-0.15, -0.1) is 0 Å². The van der Waals surface area contributed by atoms with Crippen molar-refractivity contribution in [3.63, 3.8) is 0 Å². The summed E-state index contributed by atoms with van der Waals surface area (Å²) in [5.41, 5.74) is 1.16. The summed E-state index contributed by atoms with van der Waals surface area (Å²) in [5, 5.41) is 3.98. The summed E-state index contributed by atoms with van der Waals surface area (Å²) >= 11 is 0. The summed E-state index contributed by atoms with van der Waals surface area (Å²) in [6.45, 7) is 1.14. The van der Waals surface area contributed by atoms with Crippen molar-refractivity contribution in [2.24, 2.45) is 0 Å². The minimum absolute atomic E-state index is 0.00932. The van der Waals surface area contributed by atoms with E-state index in [0.717, 1.165) is 5.56 Å². The predicted octanol–water partition coefficient (Wildman–Crippen LogP) is 2.69. The minimum atomic E-state index is -0.109. The molecular weight excluding hydrogens is 294 g/mol. The highest BCUT2D eigenvalue weighted by Gasteiger charge is 2.40. The molecule has 1 aliphatic heterocycles. The Morgan fingerprint density at radius 1 is 1.09 bits per heavy atom. The Labute approximate surface area is 132 Å². The van der Waals surface area contributed by atoms with E-state index in [1.54, 1.807) is 17.0 Å². The lowest BCUT2D eigenvalue weighted by Gasteiger charge is -2.15. The van der Waals surface area contributed by atoms with Gasteiger partial charge in [-0.25, -0.2) is 0 Å². The first kappa shape index (κ1) is 13.8. The van der Waals surface area contributed by atoms with Crippen LogP contribution in [-0.2, 0) is 0 Å². The van der Waals surface area contributed by atoms with Crippen LogP contribution in [0.15, 0.2) is 64.1 Å². The Morgan fingerprint density at radius 2 is 1.91 bits per heavy atom. The van der Waals surface area contributed by atoms with Gasteiger partial charge in [0.05, 0.1) is 6.26 Å². The van der Waals surface area contributed by atoms with E-state index in [2.05, 4.69) is 22.3 Å². The molecule has 0 spiro atoms. The molecule has 2 atom stereocenters. The van der Waals surface area contributed by atoms with Gasteiger partial charge in [0.1, 0.15) is 0 Å². The fraction of sp³-hybridized carbons (Fsp3) is 0.235. The Hall–Kier alpha value is -2.89. The lowest BCUT2D eigenvalue weighted by molar-refractivity contribution is 0.0757. The van der Waals surface area contributed by atoms with E-state index in [1.165, 1.54) is 12.7 Å². The molecule has 0 N–H and O–H groups in total. The highest BCUT2D eigenvalue weighted by molar-refractivity contribution is 5.91. The summed E-state index contributed by atoms with van der Waals surface area (Å²) in [5.74, 6) is 1.02. The molecule has 3 heterocycles. The monoisotopic (exact) mass is 309 g/mol. The molecular formula is C17H15N3O3. The number of amides is 1.